The minimum Gasteiger partial charge on any atom is -0.415 e. The van der Waals surface area contributed by atoms with Crippen LogP contribution in [0.3, 0.4) is 0 Å². The molecule has 5 heteroatoms. The summed E-state index contributed by atoms with van der Waals surface area (Å²) < 4.78 is 7.74. The van der Waals surface area contributed by atoms with Gasteiger partial charge in [0.15, 0.2) is 8.32 Å². The second-order valence-corrected chi connectivity index (χ2v) is 11.2. The molecule has 0 N–H and O–H groups in total. The zero-order valence-corrected chi connectivity index (χ0v) is 12.6. The largest absolute Gasteiger partial charge is 0.415 e. The van der Waals surface area contributed by atoms with E-state index in [4.69, 9.17) is 4.43 Å². The topological polar surface area (TPSA) is 31.2 Å². The second-order valence-electron chi connectivity index (χ2n) is 5.46. The van der Waals surface area contributed by atoms with Crippen LogP contribution >= 0.6 is 11.5 Å². The maximum atomic E-state index is 11.3. The molecule has 0 aliphatic rings. The first kappa shape index (κ1) is 13.7. The van der Waals surface area contributed by atoms with Crippen LogP contribution in [0.2, 0.25) is 18.1 Å². The van der Waals surface area contributed by atoms with Gasteiger partial charge in [-0.15, -0.1) is 0 Å². The van der Waals surface area contributed by atoms with Crippen molar-refractivity contribution >= 4 is 19.8 Å². The molecule has 0 aliphatic heterocycles. The summed E-state index contributed by atoms with van der Waals surface area (Å²) in [5.41, 5.74) is 0.0730. The van der Waals surface area contributed by atoms with Gasteiger partial charge in [0.1, 0.15) is 0 Å². The van der Waals surface area contributed by atoms with Crippen molar-refractivity contribution in [1.82, 2.24) is 3.96 Å². The lowest BCUT2D eigenvalue weighted by Crippen LogP contribution is -2.41. The van der Waals surface area contributed by atoms with E-state index in [0.29, 0.717) is 13.2 Å². The molecule has 1 aromatic rings. The highest BCUT2D eigenvalue weighted by atomic mass is 32.1. The molecule has 0 unspecified atom stereocenters. The van der Waals surface area contributed by atoms with E-state index in [9.17, 15) is 4.79 Å². The molecule has 1 rings (SSSR count). The minimum atomic E-state index is -1.67. The van der Waals surface area contributed by atoms with Crippen LogP contribution < -0.4 is 5.56 Å². The normalized spacial score (nSPS) is 13.1. The van der Waals surface area contributed by atoms with Crippen molar-refractivity contribution in [2.75, 3.05) is 6.61 Å². The molecule has 0 radical (unpaired) electrons. The molecule has 16 heavy (non-hydrogen) atoms. The summed E-state index contributed by atoms with van der Waals surface area (Å²) in [6.07, 6.45) is 0. The highest BCUT2D eigenvalue weighted by molar-refractivity contribution is 7.04. The average molecular weight is 259 g/mol. The fourth-order valence-corrected chi connectivity index (χ4v) is 2.76. The van der Waals surface area contributed by atoms with E-state index >= 15 is 0 Å². The van der Waals surface area contributed by atoms with Crippen molar-refractivity contribution in [3.05, 3.63) is 21.8 Å². The zero-order valence-electron chi connectivity index (χ0n) is 10.7. The molecular formula is C11H21NO2SSi. The summed E-state index contributed by atoms with van der Waals surface area (Å²) in [6.45, 7) is 12.4. The van der Waals surface area contributed by atoms with E-state index in [1.807, 2.05) is 5.38 Å². The molecule has 1 aromatic heterocycles. The smallest absolute Gasteiger partial charge is 0.260 e. The van der Waals surface area contributed by atoms with Crippen LogP contribution in [-0.4, -0.2) is 18.9 Å². The highest BCUT2D eigenvalue weighted by Gasteiger charge is 2.36. The zero-order chi connectivity index (χ0) is 12.4. The monoisotopic (exact) mass is 259 g/mol. The van der Waals surface area contributed by atoms with Gasteiger partial charge in [0.25, 0.3) is 5.56 Å². The molecule has 0 spiro atoms. The Morgan fingerprint density at radius 1 is 1.44 bits per heavy atom. The van der Waals surface area contributed by atoms with Crippen molar-refractivity contribution in [2.24, 2.45) is 0 Å². The molecule has 0 amide bonds. The summed E-state index contributed by atoms with van der Waals surface area (Å²) >= 11 is 1.45. The summed E-state index contributed by atoms with van der Waals surface area (Å²) in [4.78, 5) is 11.3. The fraction of sp³-hybridized carbons (Fsp3) is 0.727. The van der Waals surface area contributed by atoms with Gasteiger partial charge in [0.2, 0.25) is 0 Å². The maximum Gasteiger partial charge on any atom is 0.260 e. The van der Waals surface area contributed by atoms with Gasteiger partial charge in [-0.25, -0.2) is 0 Å². The van der Waals surface area contributed by atoms with E-state index in [-0.39, 0.29) is 10.6 Å². The summed E-state index contributed by atoms with van der Waals surface area (Å²) in [5, 5.41) is 2.04. The molecule has 1 heterocycles. The van der Waals surface area contributed by atoms with Crippen molar-refractivity contribution in [3.63, 3.8) is 0 Å². The Morgan fingerprint density at radius 3 is 2.50 bits per heavy atom. The molecule has 0 bridgehead atoms. The van der Waals surface area contributed by atoms with Crippen LogP contribution in [0.5, 0.6) is 0 Å². The molecule has 0 fully saturated rings. The molecule has 0 aliphatic carbocycles. The van der Waals surface area contributed by atoms with Crippen LogP contribution in [-0.2, 0) is 11.0 Å². The molecule has 0 atom stereocenters. The van der Waals surface area contributed by atoms with Gasteiger partial charge in [0, 0.05) is 11.4 Å². The Morgan fingerprint density at radius 2 is 2.06 bits per heavy atom. The molecular weight excluding hydrogens is 238 g/mol. The standard InChI is InChI=1S/C11H21NO2SSi/c1-11(2,3)16(4,5)14-8-7-12-10(13)6-9-15-12/h6,9H,7-8H2,1-5H3. The SMILES string of the molecule is CC(C)(C)[Si](C)(C)OCCn1sccc1=O. The summed E-state index contributed by atoms with van der Waals surface area (Å²) in [6, 6.07) is 1.59. The van der Waals surface area contributed by atoms with Crippen LogP contribution in [0.1, 0.15) is 20.8 Å². The van der Waals surface area contributed by atoms with Crippen LogP contribution in [0.4, 0.5) is 0 Å². The fourth-order valence-electron chi connectivity index (χ4n) is 1.06. The van der Waals surface area contributed by atoms with E-state index in [1.165, 1.54) is 11.5 Å². The molecule has 0 aromatic carbocycles. The van der Waals surface area contributed by atoms with Gasteiger partial charge in [0.05, 0.1) is 13.2 Å². The minimum absolute atomic E-state index is 0.0730. The van der Waals surface area contributed by atoms with Crippen LogP contribution in [0.15, 0.2) is 16.2 Å². The van der Waals surface area contributed by atoms with Crippen LogP contribution in [0, 0.1) is 0 Å². The van der Waals surface area contributed by atoms with E-state index in [1.54, 1.807) is 10.0 Å². The van der Waals surface area contributed by atoms with Crippen molar-refractivity contribution in [3.8, 4) is 0 Å². The van der Waals surface area contributed by atoms with Gasteiger partial charge in [-0.05, 0) is 18.1 Å². The third-order valence-electron chi connectivity index (χ3n) is 3.21. The van der Waals surface area contributed by atoms with Crippen molar-refractivity contribution in [2.45, 2.75) is 45.4 Å². The van der Waals surface area contributed by atoms with Crippen molar-refractivity contribution < 1.29 is 4.43 Å². The average Bonchev–Trinajstić information content (AvgIpc) is 2.49. The predicted molar refractivity (Wildman–Crippen MR) is 71.7 cm³/mol. The molecule has 3 nitrogen and oxygen atoms in total. The molecule has 0 saturated carbocycles. The molecule has 0 saturated heterocycles. The highest BCUT2D eigenvalue weighted by Crippen LogP contribution is 2.36. The van der Waals surface area contributed by atoms with Gasteiger partial charge in [-0.2, -0.15) is 0 Å². The Bertz CT molecular complexity index is 389. The second kappa shape index (κ2) is 4.85. The lowest BCUT2D eigenvalue weighted by molar-refractivity contribution is 0.274. The third kappa shape index (κ3) is 3.30. The number of nitrogens with zero attached hydrogens (tertiary/aromatic N) is 1. The first-order valence-electron chi connectivity index (χ1n) is 5.53. The van der Waals surface area contributed by atoms with Gasteiger partial charge in [-0.1, -0.05) is 32.3 Å². The first-order valence-corrected chi connectivity index (χ1v) is 9.27. The van der Waals surface area contributed by atoms with Gasteiger partial charge in [-0.3, -0.25) is 8.75 Å². The Balaban J connectivity index is 2.48. The van der Waals surface area contributed by atoms with E-state index in [2.05, 4.69) is 33.9 Å². The number of hydrogen-bond donors (Lipinski definition) is 0. The number of rotatable bonds is 4. The Hall–Kier alpha value is -0.393. The van der Waals surface area contributed by atoms with Gasteiger partial charge >= 0.3 is 0 Å². The summed E-state index contributed by atoms with van der Waals surface area (Å²) in [7, 11) is -1.67. The third-order valence-corrected chi connectivity index (χ3v) is 8.62. The Labute approximate surface area is 102 Å². The first-order chi connectivity index (χ1) is 7.24. The number of aromatic nitrogens is 1. The lowest BCUT2D eigenvalue weighted by atomic mass is 10.2. The lowest BCUT2D eigenvalue weighted by Gasteiger charge is -2.36. The molecule has 92 valence electrons. The van der Waals surface area contributed by atoms with E-state index in [0.717, 1.165) is 0 Å². The van der Waals surface area contributed by atoms with E-state index < -0.39 is 8.32 Å². The maximum absolute atomic E-state index is 11.3. The summed E-state index contributed by atoms with van der Waals surface area (Å²) in [5.74, 6) is 0. The quantitative estimate of drug-likeness (QED) is 0.779. The predicted octanol–water partition coefficient (Wildman–Crippen LogP) is 2.93. The van der Waals surface area contributed by atoms with Crippen LogP contribution in [0.25, 0.3) is 0 Å². The van der Waals surface area contributed by atoms with Gasteiger partial charge < -0.3 is 4.43 Å². The Kier molecular flexibility index (Phi) is 4.15. The number of hydrogen-bond acceptors (Lipinski definition) is 3. The van der Waals surface area contributed by atoms with Crippen molar-refractivity contribution in [1.29, 1.82) is 0 Å².